The molecule has 0 saturated carbocycles. The molecule has 3 heteroatoms. The Balaban J connectivity index is 1.80. The van der Waals surface area contributed by atoms with Gasteiger partial charge < -0.3 is 10.1 Å². The van der Waals surface area contributed by atoms with E-state index in [1.54, 1.807) is 0 Å². The number of aromatic nitrogens is 1. The van der Waals surface area contributed by atoms with Gasteiger partial charge in [0.25, 0.3) is 0 Å². The molecule has 0 spiro atoms. The Morgan fingerprint density at radius 2 is 1.81 bits per heavy atom. The lowest BCUT2D eigenvalue weighted by Crippen LogP contribution is -2.22. The zero-order valence-corrected chi connectivity index (χ0v) is 12.9. The highest BCUT2D eigenvalue weighted by Crippen LogP contribution is 2.10. The average molecular weight is 284 g/mol. The third-order valence-corrected chi connectivity index (χ3v) is 3.31. The molecule has 112 valence electrons. The Morgan fingerprint density at radius 3 is 2.52 bits per heavy atom. The number of nitrogens with zero attached hydrogens (tertiary/aromatic N) is 1. The maximum Gasteiger partial charge on any atom is 0.0720 e. The van der Waals surface area contributed by atoms with E-state index in [0.717, 1.165) is 18.7 Å². The van der Waals surface area contributed by atoms with E-state index in [2.05, 4.69) is 48.4 Å². The molecule has 0 radical (unpaired) electrons. The van der Waals surface area contributed by atoms with Crippen molar-refractivity contribution in [1.82, 2.24) is 10.3 Å². The largest absolute Gasteiger partial charge is 0.376 e. The number of ether oxygens (including phenoxy) is 1. The maximum absolute atomic E-state index is 5.80. The van der Waals surface area contributed by atoms with Crippen molar-refractivity contribution in [2.75, 3.05) is 6.61 Å². The van der Waals surface area contributed by atoms with Gasteiger partial charge in [-0.15, -0.1) is 0 Å². The Morgan fingerprint density at radius 1 is 1.05 bits per heavy atom. The van der Waals surface area contributed by atoms with Crippen molar-refractivity contribution < 1.29 is 4.74 Å². The first-order chi connectivity index (χ1) is 10.3. The van der Waals surface area contributed by atoms with Crippen LogP contribution in [0.25, 0.3) is 0 Å². The van der Waals surface area contributed by atoms with Gasteiger partial charge in [-0.1, -0.05) is 44.2 Å². The monoisotopic (exact) mass is 284 g/mol. The summed E-state index contributed by atoms with van der Waals surface area (Å²) in [4.78, 5) is 4.30. The van der Waals surface area contributed by atoms with Crippen molar-refractivity contribution in [2.45, 2.75) is 39.5 Å². The molecule has 1 heterocycles. The van der Waals surface area contributed by atoms with Gasteiger partial charge in [0.2, 0.25) is 0 Å². The maximum atomic E-state index is 5.80. The minimum atomic E-state index is 0.489. The summed E-state index contributed by atoms with van der Waals surface area (Å²) in [7, 11) is 0. The lowest BCUT2D eigenvalue weighted by Gasteiger charge is -2.13. The van der Waals surface area contributed by atoms with Crippen LogP contribution in [0, 0.1) is 0 Å². The summed E-state index contributed by atoms with van der Waals surface area (Å²) >= 11 is 0. The second kappa shape index (κ2) is 8.55. The molecule has 1 N–H and O–H groups in total. The molecule has 2 rings (SSSR count). The van der Waals surface area contributed by atoms with Gasteiger partial charge in [-0.2, -0.15) is 0 Å². The number of rotatable bonds is 8. The van der Waals surface area contributed by atoms with Gasteiger partial charge in [-0.05, 0) is 23.3 Å². The van der Waals surface area contributed by atoms with Gasteiger partial charge in [-0.3, -0.25) is 4.98 Å². The molecule has 0 fully saturated rings. The van der Waals surface area contributed by atoms with Crippen molar-refractivity contribution in [3.8, 4) is 0 Å². The molecule has 0 aliphatic rings. The third-order valence-electron chi connectivity index (χ3n) is 3.31. The molecule has 1 aromatic heterocycles. The van der Waals surface area contributed by atoms with Crippen LogP contribution in [0.3, 0.4) is 0 Å². The van der Waals surface area contributed by atoms with Crippen LogP contribution in [-0.4, -0.2) is 17.6 Å². The van der Waals surface area contributed by atoms with E-state index in [4.69, 9.17) is 4.74 Å². The van der Waals surface area contributed by atoms with Gasteiger partial charge >= 0.3 is 0 Å². The van der Waals surface area contributed by atoms with Gasteiger partial charge in [-0.25, -0.2) is 0 Å². The Hall–Kier alpha value is -1.71. The van der Waals surface area contributed by atoms with Crippen LogP contribution in [-0.2, 0) is 24.3 Å². The van der Waals surface area contributed by atoms with E-state index in [-0.39, 0.29) is 0 Å². The molecule has 2 aromatic rings. The summed E-state index contributed by atoms with van der Waals surface area (Å²) in [5.74, 6) is 0. The summed E-state index contributed by atoms with van der Waals surface area (Å²) in [5.41, 5.74) is 3.64. The molecular formula is C18H24N2O. The van der Waals surface area contributed by atoms with Gasteiger partial charge in [0.15, 0.2) is 0 Å². The minimum Gasteiger partial charge on any atom is -0.376 e. The van der Waals surface area contributed by atoms with Crippen LogP contribution in [0.4, 0.5) is 0 Å². The van der Waals surface area contributed by atoms with E-state index < -0.39 is 0 Å². The van der Waals surface area contributed by atoms with Crippen LogP contribution >= 0.6 is 0 Å². The van der Waals surface area contributed by atoms with E-state index >= 15 is 0 Å². The van der Waals surface area contributed by atoms with E-state index in [1.165, 1.54) is 11.1 Å². The molecule has 0 unspecified atom stereocenters. The van der Waals surface area contributed by atoms with Gasteiger partial charge in [0.05, 0.1) is 13.2 Å². The molecule has 0 amide bonds. The highest BCUT2D eigenvalue weighted by molar-refractivity contribution is 5.26. The van der Waals surface area contributed by atoms with Crippen LogP contribution in [0.15, 0.2) is 48.7 Å². The molecule has 0 aliphatic carbocycles. The van der Waals surface area contributed by atoms with Crippen LogP contribution in [0.5, 0.6) is 0 Å². The molecular weight excluding hydrogens is 260 g/mol. The number of hydrogen-bond donors (Lipinski definition) is 1. The second-order valence-electron chi connectivity index (χ2n) is 5.43. The van der Waals surface area contributed by atoms with Crippen molar-refractivity contribution in [1.29, 1.82) is 0 Å². The smallest absolute Gasteiger partial charge is 0.0720 e. The predicted octanol–water partition coefficient (Wildman–Crippen LogP) is 3.34. The quantitative estimate of drug-likeness (QED) is 0.755. The first-order valence-corrected chi connectivity index (χ1v) is 7.53. The summed E-state index contributed by atoms with van der Waals surface area (Å²) in [6.45, 7) is 6.56. The topological polar surface area (TPSA) is 34.1 Å². The zero-order valence-electron chi connectivity index (χ0n) is 12.9. The van der Waals surface area contributed by atoms with Crippen molar-refractivity contribution >= 4 is 0 Å². The summed E-state index contributed by atoms with van der Waals surface area (Å²) in [5, 5.41) is 3.45. The minimum absolute atomic E-state index is 0.489. The number of pyridine rings is 1. The Kier molecular flexibility index (Phi) is 6.38. The average Bonchev–Trinajstić information content (AvgIpc) is 2.51. The fraction of sp³-hybridized carbons (Fsp3) is 0.389. The van der Waals surface area contributed by atoms with Gasteiger partial charge in [0.1, 0.15) is 0 Å². The predicted molar refractivity (Wildman–Crippen MR) is 86.0 cm³/mol. The molecule has 3 nitrogen and oxygen atoms in total. The van der Waals surface area contributed by atoms with E-state index in [9.17, 15) is 0 Å². The Labute approximate surface area is 127 Å². The van der Waals surface area contributed by atoms with Gasteiger partial charge in [0, 0.05) is 30.9 Å². The molecule has 0 bridgehead atoms. The lowest BCUT2D eigenvalue weighted by molar-refractivity contribution is 0.122. The molecule has 0 saturated heterocycles. The molecule has 0 aliphatic heterocycles. The molecule has 21 heavy (non-hydrogen) atoms. The summed E-state index contributed by atoms with van der Waals surface area (Å²) in [6.07, 6.45) is 2.68. The van der Waals surface area contributed by atoms with Crippen LogP contribution in [0.2, 0.25) is 0 Å². The first kappa shape index (κ1) is 15.7. The zero-order chi connectivity index (χ0) is 14.9. The van der Waals surface area contributed by atoms with Crippen LogP contribution < -0.4 is 5.32 Å². The Bertz CT molecular complexity index is 526. The standard InChI is InChI=1S/C18H24N2O/c1-15(2)20-13-16-7-3-4-8-17(16)14-21-12-10-18-9-5-6-11-19-18/h3-9,11,15,20H,10,12-14H2,1-2H3. The van der Waals surface area contributed by atoms with E-state index in [1.807, 2.05) is 24.4 Å². The fourth-order valence-corrected chi connectivity index (χ4v) is 2.09. The highest BCUT2D eigenvalue weighted by atomic mass is 16.5. The summed E-state index contributed by atoms with van der Waals surface area (Å²) in [6, 6.07) is 14.9. The normalized spacial score (nSPS) is 11.0. The SMILES string of the molecule is CC(C)NCc1ccccc1COCCc1ccccn1. The first-order valence-electron chi connectivity index (χ1n) is 7.53. The number of nitrogens with one attached hydrogen (secondary N) is 1. The number of hydrogen-bond acceptors (Lipinski definition) is 3. The molecule has 0 atom stereocenters. The fourth-order valence-electron chi connectivity index (χ4n) is 2.09. The number of benzene rings is 1. The second-order valence-corrected chi connectivity index (χ2v) is 5.43. The molecule has 1 aromatic carbocycles. The van der Waals surface area contributed by atoms with Crippen molar-refractivity contribution in [2.24, 2.45) is 0 Å². The summed E-state index contributed by atoms with van der Waals surface area (Å²) < 4.78 is 5.80. The third kappa shape index (κ3) is 5.66. The van der Waals surface area contributed by atoms with E-state index in [0.29, 0.717) is 19.3 Å². The van der Waals surface area contributed by atoms with Crippen molar-refractivity contribution in [3.05, 3.63) is 65.5 Å². The lowest BCUT2D eigenvalue weighted by atomic mass is 10.1. The highest BCUT2D eigenvalue weighted by Gasteiger charge is 2.03. The van der Waals surface area contributed by atoms with Crippen LogP contribution in [0.1, 0.15) is 30.7 Å². The van der Waals surface area contributed by atoms with Crippen molar-refractivity contribution in [3.63, 3.8) is 0 Å².